The fourth-order valence-electron chi connectivity index (χ4n) is 1.61. The second-order valence-corrected chi connectivity index (χ2v) is 3.90. The van der Waals surface area contributed by atoms with E-state index in [9.17, 15) is 9.81 Å². The van der Waals surface area contributed by atoms with Crippen LogP contribution in [0, 0.1) is 9.81 Å². The highest BCUT2D eigenvalue weighted by Crippen LogP contribution is 2.13. The summed E-state index contributed by atoms with van der Waals surface area (Å²) in [6.07, 6.45) is 17.2. The van der Waals surface area contributed by atoms with Crippen LogP contribution in [0.3, 0.4) is 0 Å². The fourth-order valence-corrected chi connectivity index (χ4v) is 1.61. The Labute approximate surface area is 110 Å². The molecule has 0 amide bonds. The van der Waals surface area contributed by atoms with Gasteiger partial charge in [-0.05, 0) is 45.8 Å². The molecule has 0 aromatic carbocycles. The molecule has 0 aliphatic carbocycles. The molecule has 0 N–H and O–H groups in total. The van der Waals surface area contributed by atoms with Crippen molar-refractivity contribution in [3.63, 3.8) is 0 Å². The highest BCUT2D eigenvalue weighted by atomic mass is 16.3. The van der Waals surface area contributed by atoms with Crippen molar-refractivity contribution in [2.45, 2.75) is 0 Å². The van der Waals surface area contributed by atoms with Crippen molar-refractivity contribution in [3.05, 3.63) is 82.5 Å². The summed E-state index contributed by atoms with van der Waals surface area (Å²) in [7, 11) is 0. The maximum atomic E-state index is 10.1. The van der Waals surface area contributed by atoms with Gasteiger partial charge >= 0.3 is 0 Å². The topological polar surface area (TPSA) is 65.3 Å². The van der Waals surface area contributed by atoms with Gasteiger partial charge in [-0.2, -0.15) is 0 Å². The van der Waals surface area contributed by atoms with Crippen LogP contribution in [-0.2, 0) is 0 Å². The van der Waals surface area contributed by atoms with E-state index in [1.54, 1.807) is 24.3 Å². The van der Waals surface area contributed by atoms with Gasteiger partial charge in [-0.25, -0.2) is 0 Å². The van der Waals surface area contributed by atoms with E-state index in [0.717, 1.165) is 11.1 Å². The zero-order chi connectivity index (χ0) is 13.5. The number of hydrogen-bond donors (Lipinski definition) is 0. The fraction of sp³-hybridized carbons (Fsp3) is 0.0769. The van der Waals surface area contributed by atoms with Gasteiger partial charge in [0.05, 0.1) is 19.1 Å². The first-order chi connectivity index (χ1) is 9.31. The van der Waals surface area contributed by atoms with Crippen LogP contribution in [0.2, 0.25) is 0 Å². The van der Waals surface area contributed by atoms with Gasteiger partial charge in [-0.3, -0.25) is 0 Å². The van der Waals surface area contributed by atoms with Crippen molar-refractivity contribution in [2.75, 3.05) is 6.67 Å². The van der Waals surface area contributed by atoms with E-state index in [2.05, 4.69) is 10.4 Å². The van der Waals surface area contributed by atoms with E-state index < -0.39 is 0 Å². The van der Waals surface area contributed by atoms with Crippen LogP contribution < -0.4 is 0 Å². The Balaban J connectivity index is 1.92. The highest BCUT2D eigenvalue weighted by Gasteiger charge is 2.05. The minimum absolute atomic E-state index is 0.629. The van der Waals surface area contributed by atoms with E-state index in [-0.39, 0.29) is 0 Å². The van der Waals surface area contributed by atoms with Crippen LogP contribution in [0.5, 0.6) is 0 Å². The molecule has 19 heavy (non-hydrogen) atoms. The summed E-state index contributed by atoms with van der Waals surface area (Å²) in [6.45, 7) is 0.629. The lowest BCUT2D eigenvalue weighted by atomic mass is 10.2. The van der Waals surface area contributed by atoms with E-state index >= 15 is 0 Å². The summed E-state index contributed by atoms with van der Waals surface area (Å²) in [5, 5.41) is 5.44. The summed E-state index contributed by atoms with van der Waals surface area (Å²) < 4.78 is 0. The van der Waals surface area contributed by atoms with Gasteiger partial charge in [-0.1, -0.05) is 0 Å². The maximum Gasteiger partial charge on any atom is 0.0976 e. The normalized spacial score (nSPS) is 16.8. The van der Waals surface area contributed by atoms with Gasteiger partial charge in [0.25, 0.3) is 0 Å². The van der Waals surface area contributed by atoms with Crippen molar-refractivity contribution >= 4 is 0 Å². The Morgan fingerprint density at radius 3 is 1.47 bits per heavy atom. The molecule has 96 valence electrons. The lowest BCUT2D eigenvalue weighted by molar-refractivity contribution is 0.339. The SMILES string of the molecule is O=NC=C1C=CN(CN2C=CC(=CN=O)C=C2)C=C1. The highest BCUT2D eigenvalue weighted by molar-refractivity contribution is 5.34. The zero-order valence-electron chi connectivity index (χ0n) is 10.1. The van der Waals surface area contributed by atoms with E-state index in [1.807, 2.05) is 34.6 Å². The monoisotopic (exact) mass is 256 g/mol. The van der Waals surface area contributed by atoms with Crippen LogP contribution in [0.4, 0.5) is 0 Å². The standard InChI is InChI=1S/C13H12N4O2/c18-14-9-12-1-5-16(6-2-12)11-17-7-3-13(4-8-17)10-15-19/h1-10H,11H2. The number of hydrogen-bond acceptors (Lipinski definition) is 6. The van der Waals surface area contributed by atoms with Gasteiger partial charge in [0.2, 0.25) is 0 Å². The molecule has 0 spiro atoms. The quantitative estimate of drug-likeness (QED) is 0.725. The molecule has 0 saturated heterocycles. The molecule has 2 aliphatic heterocycles. The average molecular weight is 256 g/mol. The molecular formula is C13H12N4O2. The molecule has 0 radical (unpaired) electrons. The predicted molar refractivity (Wildman–Crippen MR) is 72.9 cm³/mol. The third-order valence-corrected chi connectivity index (χ3v) is 2.56. The molecule has 0 aromatic rings. The van der Waals surface area contributed by atoms with Crippen molar-refractivity contribution in [1.82, 2.24) is 9.80 Å². The van der Waals surface area contributed by atoms with E-state index in [1.165, 1.54) is 12.4 Å². The second-order valence-electron chi connectivity index (χ2n) is 3.90. The van der Waals surface area contributed by atoms with Gasteiger partial charge in [0, 0.05) is 24.8 Å². The summed E-state index contributed by atoms with van der Waals surface area (Å²) in [4.78, 5) is 24.1. The maximum absolute atomic E-state index is 10.1. The number of nitrogens with zero attached hydrogens (tertiary/aromatic N) is 4. The van der Waals surface area contributed by atoms with Crippen LogP contribution in [0.15, 0.2) is 83.0 Å². The first-order valence-corrected chi connectivity index (χ1v) is 5.61. The van der Waals surface area contributed by atoms with Crippen molar-refractivity contribution in [2.24, 2.45) is 10.4 Å². The number of rotatable bonds is 4. The molecule has 0 aromatic heterocycles. The van der Waals surface area contributed by atoms with E-state index in [0.29, 0.717) is 6.67 Å². The van der Waals surface area contributed by atoms with Gasteiger partial charge < -0.3 is 9.80 Å². The first kappa shape index (κ1) is 12.7. The van der Waals surface area contributed by atoms with Gasteiger partial charge in [0.15, 0.2) is 0 Å². The second kappa shape index (κ2) is 6.25. The van der Waals surface area contributed by atoms with Crippen LogP contribution in [-0.4, -0.2) is 16.5 Å². The molecule has 0 atom stereocenters. The van der Waals surface area contributed by atoms with Crippen LogP contribution in [0.25, 0.3) is 0 Å². The first-order valence-electron chi connectivity index (χ1n) is 5.61. The largest absolute Gasteiger partial charge is 0.336 e. The third kappa shape index (κ3) is 3.60. The summed E-state index contributed by atoms with van der Waals surface area (Å²) in [5.74, 6) is 0. The molecule has 0 saturated carbocycles. The molecule has 2 aliphatic rings. The minimum Gasteiger partial charge on any atom is -0.336 e. The summed E-state index contributed by atoms with van der Waals surface area (Å²) in [5.41, 5.74) is 1.52. The molecule has 0 bridgehead atoms. The van der Waals surface area contributed by atoms with Gasteiger partial charge in [0.1, 0.15) is 0 Å². The van der Waals surface area contributed by atoms with Crippen LogP contribution >= 0.6 is 0 Å². The Morgan fingerprint density at radius 1 is 0.789 bits per heavy atom. The predicted octanol–water partition coefficient (Wildman–Crippen LogP) is 2.93. The van der Waals surface area contributed by atoms with Gasteiger partial charge in [-0.15, -0.1) is 9.81 Å². The van der Waals surface area contributed by atoms with E-state index in [4.69, 9.17) is 0 Å². The molecule has 6 heteroatoms. The third-order valence-electron chi connectivity index (χ3n) is 2.56. The average Bonchev–Trinajstić information content (AvgIpc) is 2.44. The Hall–Kier alpha value is -2.76. The number of allylic oxidation sites excluding steroid dienone is 6. The Bertz CT molecular complexity index is 461. The van der Waals surface area contributed by atoms with Crippen molar-refractivity contribution in [1.29, 1.82) is 0 Å². The lowest BCUT2D eigenvalue weighted by Gasteiger charge is -2.26. The van der Waals surface area contributed by atoms with Crippen molar-refractivity contribution in [3.8, 4) is 0 Å². The van der Waals surface area contributed by atoms with Crippen LogP contribution in [0.1, 0.15) is 0 Å². The molecule has 0 unspecified atom stereocenters. The molecule has 6 nitrogen and oxygen atoms in total. The Kier molecular flexibility index (Phi) is 4.17. The summed E-state index contributed by atoms with van der Waals surface area (Å²) >= 11 is 0. The summed E-state index contributed by atoms with van der Waals surface area (Å²) in [6, 6.07) is 0. The number of nitroso groups, excluding NO2 is 2. The minimum atomic E-state index is 0.629. The molecule has 0 fully saturated rings. The molecule has 2 heterocycles. The van der Waals surface area contributed by atoms with Crippen molar-refractivity contribution < 1.29 is 0 Å². The lowest BCUT2D eigenvalue weighted by Crippen LogP contribution is -2.26. The molecular weight excluding hydrogens is 244 g/mol. The smallest absolute Gasteiger partial charge is 0.0976 e. The Morgan fingerprint density at radius 2 is 1.16 bits per heavy atom. The zero-order valence-corrected chi connectivity index (χ0v) is 10.1. The molecule has 2 rings (SSSR count).